The number of nitrogens with zero attached hydrogens (tertiary/aromatic N) is 3. The number of amides is 2. The molecule has 2 fully saturated rings. The van der Waals surface area contributed by atoms with Crippen molar-refractivity contribution in [2.45, 2.75) is 30.7 Å². The average Bonchev–Trinajstić information content (AvgIpc) is 2.76. The molecule has 4 heterocycles. The van der Waals surface area contributed by atoms with Gasteiger partial charge in [-0.3, -0.25) is 4.79 Å². The Morgan fingerprint density at radius 3 is 2.59 bits per heavy atom. The highest BCUT2D eigenvalue weighted by atomic mass is 79.9. The van der Waals surface area contributed by atoms with E-state index in [0.29, 0.717) is 29.1 Å². The number of rotatable bonds is 2. The second-order valence-electron chi connectivity index (χ2n) is 7.46. The van der Waals surface area contributed by atoms with Gasteiger partial charge >= 0.3 is 6.09 Å². The van der Waals surface area contributed by atoms with Gasteiger partial charge in [-0.2, -0.15) is 0 Å². The predicted molar refractivity (Wildman–Crippen MR) is 97.2 cm³/mol. The lowest BCUT2D eigenvalue weighted by Crippen LogP contribution is -2.49. The fraction of sp³-hybridized carbons (Fsp3) is 0.389. The van der Waals surface area contributed by atoms with Crippen LogP contribution in [0.5, 0.6) is 0 Å². The highest BCUT2D eigenvalue weighted by Gasteiger charge is 2.45. The van der Waals surface area contributed by atoms with Crippen LogP contribution in [-0.2, 0) is 0 Å². The Kier molecular flexibility index (Phi) is 3.43. The van der Waals surface area contributed by atoms with Crippen molar-refractivity contribution >= 4 is 27.9 Å². The molecule has 140 valence electrons. The first kappa shape index (κ1) is 16.7. The van der Waals surface area contributed by atoms with Crippen LogP contribution >= 0.6 is 15.9 Å². The van der Waals surface area contributed by atoms with Crippen molar-refractivity contribution in [3.63, 3.8) is 0 Å². The molecule has 0 radical (unpaired) electrons. The zero-order valence-corrected chi connectivity index (χ0v) is 15.7. The molecule has 2 aromatic rings. The second kappa shape index (κ2) is 5.54. The first-order valence-electron chi connectivity index (χ1n) is 8.74. The second-order valence-corrected chi connectivity index (χ2v) is 8.32. The lowest BCUT2D eigenvalue weighted by molar-refractivity contribution is 0.0971. The number of carboxylic acid groups (broad SMARTS) is 1. The maximum atomic E-state index is 14.1. The minimum absolute atomic E-state index is 0.116. The number of halogens is 2. The Morgan fingerprint density at radius 2 is 1.96 bits per heavy atom. The van der Waals surface area contributed by atoms with Gasteiger partial charge in [0.25, 0.3) is 5.91 Å². The first-order chi connectivity index (χ1) is 12.8. The van der Waals surface area contributed by atoms with E-state index in [1.807, 2.05) is 0 Å². The summed E-state index contributed by atoms with van der Waals surface area (Å²) in [6.07, 6.45) is 0.714. The van der Waals surface area contributed by atoms with E-state index < -0.39 is 12.0 Å². The highest BCUT2D eigenvalue weighted by molar-refractivity contribution is 9.10. The van der Waals surface area contributed by atoms with Crippen LogP contribution in [0.4, 0.5) is 9.18 Å². The fourth-order valence-corrected chi connectivity index (χ4v) is 4.87. The van der Waals surface area contributed by atoms with E-state index in [0.717, 1.165) is 24.0 Å². The summed E-state index contributed by atoms with van der Waals surface area (Å²) in [4.78, 5) is 29.1. The smallest absolute Gasteiger partial charge is 0.407 e. The van der Waals surface area contributed by atoms with E-state index in [4.69, 9.17) is 10.8 Å². The molecule has 1 saturated heterocycles. The summed E-state index contributed by atoms with van der Waals surface area (Å²) in [5, 5.41) is 9.13. The fourth-order valence-electron chi connectivity index (χ4n) is 4.53. The molecule has 3 aliphatic heterocycles. The molecule has 1 saturated carbocycles. The summed E-state index contributed by atoms with van der Waals surface area (Å²) in [5.41, 5.74) is 8.21. The quantitative estimate of drug-likeness (QED) is 0.757. The Balaban J connectivity index is 1.70. The highest BCUT2D eigenvalue weighted by Crippen LogP contribution is 2.54. The number of hydrogen-bond donors (Lipinski definition) is 2. The van der Waals surface area contributed by atoms with Gasteiger partial charge in [-0.1, -0.05) is 0 Å². The topological polar surface area (TPSA) is 101 Å². The van der Waals surface area contributed by atoms with Crippen molar-refractivity contribution in [2.75, 3.05) is 13.1 Å². The van der Waals surface area contributed by atoms with Crippen LogP contribution in [0.15, 0.2) is 16.6 Å². The number of hydrogen-bond acceptors (Lipinski definition) is 3. The normalized spacial score (nSPS) is 23.0. The summed E-state index contributed by atoms with van der Waals surface area (Å²) in [6.45, 7) is 0.633. The monoisotopic (exact) mass is 434 g/mol. The number of imidazole rings is 1. The number of likely N-dealkylation sites (tertiary alicyclic amines) is 1. The average molecular weight is 435 g/mol. The Hall–Kier alpha value is -2.42. The summed E-state index contributed by atoms with van der Waals surface area (Å²) in [7, 11) is 0. The molecular formula is C18H16BrFN4O3. The van der Waals surface area contributed by atoms with Gasteiger partial charge in [0.05, 0.1) is 10.2 Å². The maximum Gasteiger partial charge on any atom is 0.407 e. The van der Waals surface area contributed by atoms with Crippen LogP contribution in [0.2, 0.25) is 0 Å². The third kappa shape index (κ3) is 2.27. The molecule has 27 heavy (non-hydrogen) atoms. The van der Waals surface area contributed by atoms with E-state index >= 15 is 0 Å². The van der Waals surface area contributed by atoms with Gasteiger partial charge in [0.15, 0.2) is 0 Å². The summed E-state index contributed by atoms with van der Waals surface area (Å²) in [5.74, 6) is -0.180. The molecule has 2 bridgehead atoms. The molecule has 2 amide bonds. The zero-order valence-electron chi connectivity index (χ0n) is 14.2. The van der Waals surface area contributed by atoms with Crippen molar-refractivity contribution < 1.29 is 19.1 Å². The molecule has 4 aliphatic rings. The van der Waals surface area contributed by atoms with Crippen LogP contribution in [0.1, 0.15) is 52.5 Å². The van der Waals surface area contributed by atoms with E-state index in [-0.39, 0.29) is 29.4 Å². The molecule has 0 atom stereocenters. The van der Waals surface area contributed by atoms with Crippen molar-refractivity contribution in [1.29, 1.82) is 0 Å². The number of benzene rings is 1. The summed E-state index contributed by atoms with van der Waals surface area (Å²) >= 11 is 3.24. The van der Waals surface area contributed by atoms with E-state index in [9.17, 15) is 14.0 Å². The number of carbonyl (C=O) groups excluding carboxylic acids is 1. The standard InChI is InChI=1S/C18H16BrFN4O3/c19-12-3-11-10(4-13(12)20)7-1-9(2-7)24-15(8-5-23(6-8)18(26)27)14(16(21)25)22-17(11)24/h3-4,7-9H,1-2,5-6H2,(H2,21,25)(H,26,27). The van der Waals surface area contributed by atoms with Crippen LogP contribution < -0.4 is 5.73 Å². The van der Waals surface area contributed by atoms with Crippen LogP contribution in [0.3, 0.4) is 0 Å². The molecule has 7 nitrogen and oxygen atoms in total. The van der Waals surface area contributed by atoms with Gasteiger partial charge in [-0.05, 0) is 52.4 Å². The van der Waals surface area contributed by atoms with Gasteiger partial charge in [0, 0.05) is 30.6 Å². The van der Waals surface area contributed by atoms with Gasteiger partial charge in [-0.25, -0.2) is 14.2 Å². The molecule has 1 aromatic heterocycles. The zero-order chi connectivity index (χ0) is 19.0. The van der Waals surface area contributed by atoms with Crippen molar-refractivity contribution in [3.8, 4) is 11.4 Å². The van der Waals surface area contributed by atoms with E-state index in [1.165, 1.54) is 4.90 Å². The molecule has 0 unspecified atom stereocenters. The van der Waals surface area contributed by atoms with Gasteiger partial charge in [0.2, 0.25) is 0 Å². The largest absolute Gasteiger partial charge is 0.465 e. The molecule has 3 N–H and O–H groups in total. The minimum Gasteiger partial charge on any atom is -0.465 e. The lowest BCUT2D eigenvalue weighted by Gasteiger charge is -2.41. The van der Waals surface area contributed by atoms with E-state index in [1.54, 1.807) is 12.1 Å². The third-order valence-corrected chi connectivity index (χ3v) is 6.58. The number of primary amides is 1. The van der Waals surface area contributed by atoms with Crippen molar-refractivity contribution in [3.05, 3.63) is 39.4 Å². The molecule has 1 aromatic carbocycles. The number of carbonyl (C=O) groups is 2. The first-order valence-corrected chi connectivity index (χ1v) is 9.53. The van der Waals surface area contributed by atoms with Crippen molar-refractivity contribution in [1.82, 2.24) is 14.5 Å². The maximum absolute atomic E-state index is 14.1. The lowest BCUT2D eigenvalue weighted by atomic mass is 9.75. The molecule has 0 spiro atoms. The molecule has 6 rings (SSSR count). The summed E-state index contributed by atoms with van der Waals surface area (Å²) in [6, 6.07) is 3.42. The molecule has 9 heteroatoms. The van der Waals surface area contributed by atoms with Gasteiger partial charge < -0.3 is 20.3 Å². The summed E-state index contributed by atoms with van der Waals surface area (Å²) < 4.78 is 16.5. The molecule has 1 aliphatic carbocycles. The SMILES string of the molecule is NC(=O)c1nc2n(c1C1CN(C(=O)O)C1)C1CC(C1)c1cc(F)c(Br)cc1-2. The number of aromatic nitrogens is 2. The van der Waals surface area contributed by atoms with Crippen LogP contribution in [0.25, 0.3) is 11.4 Å². The minimum atomic E-state index is -0.976. The predicted octanol–water partition coefficient (Wildman–Crippen LogP) is 3.06. The van der Waals surface area contributed by atoms with Crippen molar-refractivity contribution in [2.24, 2.45) is 5.73 Å². The Bertz CT molecular complexity index is 1010. The van der Waals surface area contributed by atoms with E-state index in [2.05, 4.69) is 25.5 Å². The Labute approximate surface area is 162 Å². The van der Waals surface area contributed by atoms with Crippen LogP contribution in [0, 0.1) is 5.82 Å². The van der Waals surface area contributed by atoms with Gasteiger partial charge in [-0.15, -0.1) is 0 Å². The van der Waals surface area contributed by atoms with Crippen LogP contribution in [-0.4, -0.2) is 44.6 Å². The third-order valence-electron chi connectivity index (χ3n) is 5.97. The van der Waals surface area contributed by atoms with Gasteiger partial charge in [0.1, 0.15) is 17.3 Å². The molecular weight excluding hydrogens is 419 g/mol. The Morgan fingerprint density at radius 1 is 1.26 bits per heavy atom. The number of nitrogens with two attached hydrogens (primary N) is 1.